The van der Waals surface area contributed by atoms with E-state index in [-0.39, 0.29) is 12.5 Å². The molecule has 24 heavy (non-hydrogen) atoms. The number of carbonyl (C=O) groups is 1. The Morgan fingerprint density at radius 1 is 1.33 bits per heavy atom. The van der Waals surface area contributed by atoms with E-state index in [0.29, 0.717) is 21.9 Å². The van der Waals surface area contributed by atoms with Crippen LogP contribution in [0, 0.1) is 0 Å². The zero-order valence-electron chi connectivity index (χ0n) is 13.4. The van der Waals surface area contributed by atoms with Crippen molar-refractivity contribution in [1.82, 2.24) is 10.3 Å². The highest BCUT2D eigenvalue weighted by molar-refractivity contribution is 7.98. The molecule has 0 spiro atoms. The number of nitrogens with one attached hydrogen (secondary N) is 1. The molecule has 1 aromatic carbocycles. The molecule has 1 unspecified atom stereocenters. The summed E-state index contributed by atoms with van der Waals surface area (Å²) < 4.78 is 5.70. The number of aromatic nitrogens is 1. The van der Waals surface area contributed by atoms with Crippen molar-refractivity contribution >= 4 is 28.6 Å². The van der Waals surface area contributed by atoms with Crippen molar-refractivity contribution < 1.29 is 14.3 Å². The zero-order valence-corrected chi connectivity index (χ0v) is 14.3. The molecular formula is C18H18N2O3S. The number of rotatable bonds is 5. The number of thioether (sulfide) groups is 1. The van der Waals surface area contributed by atoms with Gasteiger partial charge in [-0.3, -0.25) is 4.79 Å². The Kier molecular flexibility index (Phi) is 4.59. The third kappa shape index (κ3) is 3.29. The summed E-state index contributed by atoms with van der Waals surface area (Å²) in [6, 6.07) is 12.8. The number of hydrogen-bond donors (Lipinski definition) is 2. The maximum Gasteiger partial charge on any atom is 0.254 e. The Bertz CT molecular complexity index is 840. The standard InChI is InChI=1S/C18H18N2O3S/c1-18(22,15-10-12-6-3-4-8-14(12)23-15)11-20-16(21)13-7-5-9-19-17(13)24-2/h3-10,22H,11H2,1-2H3,(H,20,21). The van der Waals surface area contributed by atoms with Gasteiger partial charge in [-0.25, -0.2) is 4.98 Å². The first-order valence-electron chi connectivity index (χ1n) is 7.50. The van der Waals surface area contributed by atoms with Crippen LogP contribution in [0.1, 0.15) is 23.0 Å². The SMILES string of the molecule is CSc1ncccc1C(=O)NCC(C)(O)c1cc2ccccc2o1. The molecule has 6 heteroatoms. The molecular weight excluding hydrogens is 324 g/mol. The van der Waals surface area contributed by atoms with Gasteiger partial charge in [0.1, 0.15) is 22.0 Å². The number of carbonyl (C=O) groups excluding carboxylic acids is 1. The molecule has 3 aromatic rings. The van der Waals surface area contributed by atoms with Gasteiger partial charge in [-0.05, 0) is 37.4 Å². The van der Waals surface area contributed by atoms with Crippen molar-refractivity contribution in [3.05, 3.63) is 60.0 Å². The number of pyridine rings is 1. The van der Waals surface area contributed by atoms with Crippen LogP contribution in [0.15, 0.2) is 58.1 Å². The van der Waals surface area contributed by atoms with Gasteiger partial charge in [0.2, 0.25) is 0 Å². The average Bonchev–Trinajstić information content (AvgIpc) is 3.05. The molecule has 0 bridgehead atoms. The monoisotopic (exact) mass is 342 g/mol. The van der Waals surface area contributed by atoms with Crippen LogP contribution in [0.3, 0.4) is 0 Å². The number of fused-ring (bicyclic) bond motifs is 1. The van der Waals surface area contributed by atoms with Crippen molar-refractivity contribution in [3.8, 4) is 0 Å². The van der Waals surface area contributed by atoms with Crippen molar-refractivity contribution in [2.24, 2.45) is 0 Å². The first-order chi connectivity index (χ1) is 11.5. The van der Waals surface area contributed by atoms with Gasteiger partial charge in [0, 0.05) is 11.6 Å². The molecule has 0 aliphatic heterocycles. The fourth-order valence-electron chi connectivity index (χ4n) is 2.41. The minimum Gasteiger partial charge on any atom is -0.458 e. The molecule has 2 aromatic heterocycles. The fourth-order valence-corrected chi connectivity index (χ4v) is 2.96. The summed E-state index contributed by atoms with van der Waals surface area (Å²) in [5.74, 6) is 0.143. The van der Waals surface area contributed by atoms with Crippen LogP contribution in [0.2, 0.25) is 0 Å². The molecule has 5 nitrogen and oxygen atoms in total. The van der Waals surface area contributed by atoms with E-state index in [1.807, 2.05) is 30.5 Å². The quantitative estimate of drug-likeness (QED) is 0.697. The second kappa shape index (κ2) is 6.67. The van der Waals surface area contributed by atoms with Crippen LogP contribution < -0.4 is 5.32 Å². The predicted molar refractivity (Wildman–Crippen MR) is 94.1 cm³/mol. The van der Waals surface area contributed by atoms with Gasteiger partial charge in [-0.2, -0.15) is 0 Å². The van der Waals surface area contributed by atoms with E-state index >= 15 is 0 Å². The first kappa shape index (κ1) is 16.5. The van der Waals surface area contributed by atoms with Crippen LogP contribution >= 0.6 is 11.8 Å². The molecule has 1 amide bonds. The normalized spacial score (nSPS) is 13.6. The third-order valence-corrected chi connectivity index (χ3v) is 4.47. The number of nitrogens with zero attached hydrogens (tertiary/aromatic N) is 1. The van der Waals surface area contributed by atoms with Crippen LogP contribution in [0.4, 0.5) is 0 Å². The van der Waals surface area contributed by atoms with Gasteiger partial charge in [0.05, 0.1) is 12.1 Å². The second-order valence-corrected chi connectivity index (χ2v) is 6.46. The smallest absolute Gasteiger partial charge is 0.254 e. The Balaban J connectivity index is 1.76. The number of hydrogen-bond acceptors (Lipinski definition) is 5. The summed E-state index contributed by atoms with van der Waals surface area (Å²) in [6.07, 6.45) is 3.51. The lowest BCUT2D eigenvalue weighted by Crippen LogP contribution is -2.38. The molecule has 2 N–H and O–H groups in total. The summed E-state index contributed by atoms with van der Waals surface area (Å²) in [5.41, 5.74) is -0.113. The van der Waals surface area contributed by atoms with E-state index in [1.165, 1.54) is 11.8 Å². The molecule has 0 fully saturated rings. The molecule has 2 heterocycles. The lowest BCUT2D eigenvalue weighted by atomic mass is 10.0. The number of furan rings is 1. The average molecular weight is 342 g/mol. The minimum atomic E-state index is -1.31. The first-order valence-corrected chi connectivity index (χ1v) is 8.72. The van der Waals surface area contributed by atoms with Crippen LogP contribution in [0.5, 0.6) is 0 Å². The van der Waals surface area contributed by atoms with Crippen LogP contribution in [0.25, 0.3) is 11.0 Å². The lowest BCUT2D eigenvalue weighted by molar-refractivity contribution is 0.0344. The summed E-state index contributed by atoms with van der Waals surface area (Å²) >= 11 is 1.40. The Morgan fingerprint density at radius 2 is 2.12 bits per heavy atom. The minimum absolute atomic E-state index is 0.0361. The fraction of sp³-hybridized carbons (Fsp3) is 0.222. The van der Waals surface area contributed by atoms with Crippen molar-refractivity contribution in [2.75, 3.05) is 12.8 Å². The Hall–Kier alpha value is -2.31. The van der Waals surface area contributed by atoms with Gasteiger partial charge in [-0.1, -0.05) is 18.2 Å². The highest BCUT2D eigenvalue weighted by atomic mass is 32.2. The highest BCUT2D eigenvalue weighted by Crippen LogP contribution is 2.27. The van der Waals surface area contributed by atoms with E-state index in [0.717, 1.165) is 5.39 Å². The molecule has 0 aliphatic rings. The third-order valence-electron chi connectivity index (χ3n) is 3.76. The maximum atomic E-state index is 12.4. The molecule has 0 aliphatic carbocycles. The molecule has 1 atom stereocenters. The highest BCUT2D eigenvalue weighted by Gasteiger charge is 2.28. The van der Waals surface area contributed by atoms with Gasteiger partial charge in [-0.15, -0.1) is 11.8 Å². The molecule has 3 rings (SSSR count). The summed E-state index contributed by atoms with van der Waals surface area (Å²) in [4.78, 5) is 16.5. The van der Waals surface area contributed by atoms with E-state index in [9.17, 15) is 9.90 Å². The molecule has 0 saturated carbocycles. The zero-order chi connectivity index (χ0) is 17.2. The molecule has 0 radical (unpaired) electrons. The van der Waals surface area contributed by atoms with Crippen LogP contribution in [-0.2, 0) is 5.60 Å². The van der Waals surface area contributed by atoms with E-state index < -0.39 is 5.60 Å². The number of benzene rings is 1. The topological polar surface area (TPSA) is 75.4 Å². The number of amides is 1. The summed E-state index contributed by atoms with van der Waals surface area (Å²) in [6.45, 7) is 1.65. The Morgan fingerprint density at radius 3 is 2.88 bits per heavy atom. The molecule has 0 saturated heterocycles. The Labute approximate surface area is 144 Å². The lowest BCUT2D eigenvalue weighted by Gasteiger charge is -2.21. The molecule has 124 valence electrons. The van der Waals surface area contributed by atoms with Crippen LogP contribution in [-0.4, -0.2) is 28.8 Å². The van der Waals surface area contributed by atoms with Gasteiger partial charge >= 0.3 is 0 Å². The van der Waals surface area contributed by atoms with E-state index in [4.69, 9.17) is 4.42 Å². The number of aliphatic hydroxyl groups is 1. The maximum absolute atomic E-state index is 12.4. The van der Waals surface area contributed by atoms with Gasteiger partial charge in [0.15, 0.2) is 0 Å². The predicted octanol–water partition coefficient (Wildman–Crippen LogP) is 3.19. The van der Waals surface area contributed by atoms with Gasteiger partial charge in [0.25, 0.3) is 5.91 Å². The van der Waals surface area contributed by atoms with E-state index in [2.05, 4.69) is 10.3 Å². The summed E-state index contributed by atoms with van der Waals surface area (Å²) in [5, 5.41) is 15.0. The largest absolute Gasteiger partial charge is 0.458 e. The van der Waals surface area contributed by atoms with Gasteiger partial charge < -0.3 is 14.8 Å². The summed E-state index contributed by atoms with van der Waals surface area (Å²) in [7, 11) is 0. The van der Waals surface area contributed by atoms with Crippen molar-refractivity contribution in [2.45, 2.75) is 17.6 Å². The second-order valence-electron chi connectivity index (χ2n) is 5.67. The van der Waals surface area contributed by atoms with Crippen molar-refractivity contribution in [3.63, 3.8) is 0 Å². The van der Waals surface area contributed by atoms with Crippen molar-refractivity contribution in [1.29, 1.82) is 0 Å². The van der Waals surface area contributed by atoms with E-state index in [1.54, 1.807) is 31.3 Å². The number of para-hydroxylation sites is 1.